The number of rotatable bonds is 6. The van der Waals surface area contributed by atoms with Crippen molar-refractivity contribution in [3.63, 3.8) is 0 Å². The van der Waals surface area contributed by atoms with E-state index in [0.717, 1.165) is 12.1 Å². The molecule has 0 atom stereocenters. The molecule has 0 amide bonds. The second kappa shape index (κ2) is 5.51. The molecule has 4 N–H and O–H groups in total. The van der Waals surface area contributed by atoms with Gasteiger partial charge in [-0.25, -0.2) is 13.6 Å². The van der Waals surface area contributed by atoms with Gasteiger partial charge in [-0.15, -0.1) is 0 Å². The summed E-state index contributed by atoms with van der Waals surface area (Å²) in [5, 5.41) is 9.30. The molecule has 0 fully saturated rings. The number of nitrogens with two attached hydrogens (primary N) is 1. The van der Waals surface area contributed by atoms with E-state index in [9.17, 15) is 8.42 Å². The van der Waals surface area contributed by atoms with Crippen molar-refractivity contribution in [3.8, 4) is 0 Å². The highest BCUT2D eigenvalue weighted by Crippen LogP contribution is 2.13. The van der Waals surface area contributed by atoms with Crippen LogP contribution in [-0.4, -0.2) is 25.7 Å². The van der Waals surface area contributed by atoms with Crippen molar-refractivity contribution in [2.45, 2.75) is 13.0 Å². The van der Waals surface area contributed by atoms with Crippen LogP contribution in [0.3, 0.4) is 0 Å². The highest BCUT2D eigenvalue weighted by molar-refractivity contribution is 7.89. The Bertz CT molecular complexity index is 619. The van der Waals surface area contributed by atoms with E-state index in [1.807, 2.05) is 24.4 Å². The minimum atomic E-state index is -3.33. The van der Waals surface area contributed by atoms with Crippen molar-refractivity contribution >= 4 is 20.9 Å². The molecule has 0 unspecified atom stereocenters. The molecule has 2 rings (SSSR count). The van der Waals surface area contributed by atoms with Crippen LogP contribution >= 0.6 is 0 Å². The SMILES string of the molecule is NS(=O)(=O)CCCNCc1ccc2[nH]ccc2c1. The lowest BCUT2D eigenvalue weighted by molar-refractivity contribution is 0.590. The number of aromatic nitrogens is 1. The van der Waals surface area contributed by atoms with Gasteiger partial charge in [0.2, 0.25) is 10.0 Å². The molecular weight excluding hydrogens is 250 g/mol. The second-order valence-corrected chi connectivity index (χ2v) is 6.03. The molecule has 1 aromatic carbocycles. The lowest BCUT2D eigenvalue weighted by Gasteiger charge is -2.04. The quantitative estimate of drug-likeness (QED) is 0.680. The smallest absolute Gasteiger partial charge is 0.209 e. The molecule has 1 heterocycles. The third-order valence-corrected chi connectivity index (χ3v) is 3.59. The highest BCUT2D eigenvalue weighted by Gasteiger charge is 2.01. The predicted octanol–water partition coefficient (Wildman–Crippen LogP) is 0.936. The fraction of sp³-hybridized carbons (Fsp3) is 0.333. The fourth-order valence-corrected chi connectivity index (χ4v) is 2.39. The Hall–Kier alpha value is -1.37. The van der Waals surface area contributed by atoms with Crippen molar-refractivity contribution in [1.29, 1.82) is 0 Å². The third kappa shape index (κ3) is 3.83. The molecule has 5 nitrogen and oxygen atoms in total. The number of hydrogen-bond donors (Lipinski definition) is 3. The van der Waals surface area contributed by atoms with Gasteiger partial charge in [-0.05, 0) is 42.1 Å². The molecule has 0 radical (unpaired) electrons. The first-order valence-electron chi connectivity index (χ1n) is 5.82. The summed E-state index contributed by atoms with van der Waals surface area (Å²) in [6.45, 7) is 1.37. The lowest BCUT2D eigenvalue weighted by atomic mass is 10.1. The number of fused-ring (bicyclic) bond motifs is 1. The Morgan fingerprint density at radius 3 is 2.89 bits per heavy atom. The van der Waals surface area contributed by atoms with Crippen LogP contribution in [0.4, 0.5) is 0 Å². The molecule has 0 aliphatic rings. The van der Waals surface area contributed by atoms with Crippen molar-refractivity contribution in [1.82, 2.24) is 10.3 Å². The molecule has 2 aromatic rings. The highest BCUT2D eigenvalue weighted by atomic mass is 32.2. The number of benzene rings is 1. The Kier molecular flexibility index (Phi) is 4.00. The Labute approximate surface area is 106 Å². The molecule has 0 bridgehead atoms. The van der Waals surface area contributed by atoms with Crippen LogP contribution in [0, 0.1) is 0 Å². The minimum Gasteiger partial charge on any atom is -0.361 e. The normalized spacial score (nSPS) is 12.1. The standard InChI is InChI=1S/C12H17N3O2S/c13-18(16,17)7-1-5-14-9-10-2-3-12-11(8-10)4-6-15-12/h2-4,6,8,14-15H,1,5,7,9H2,(H2,13,16,17). The van der Waals surface area contributed by atoms with Gasteiger partial charge < -0.3 is 10.3 Å². The van der Waals surface area contributed by atoms with E-state index in [1.165, 1.54) is 10.9 Å². The molecule has 0 spiro atoms. The van der Waals surface area contributed by atoms with Crippen molar-refractivity contribution in [2.24, 2.45) is 5.14 Å². The van der Waals surface area contributed by atoms with Crippen LogP contribution in [0.2, 0.25) is 0 Å². The summed E-state index contributed by atoms with van der Waals surface area (Å²) in [5.41, 5.74) is 2.30. The molecule has 98 valence electrons. The summed E-state index contributed by atoms with van der Waals surface area (Å²) in [6, 6.07) is 8.22. The molecule has 0 aliphatic carbocycles. The maximum atomic E-state index is 10.7. The van der Waals surface area contributed by atoms with E-state index < -0.39 is 10.0 Å². The first-order valence-corrected chi connectivity index (χ1v) is 7.53. The summed E-state index contributed by atoms with van der Waals surface area (Å²) in [7, 11) is -3.33. The van der Waals surface area contributed by atoms with Gasteiger partial charge in [-0.2, -0.15) is 0 Å². The number of hydrogen-bond acceptors (Lipinski definition) is 3. The van der Waals surface area contributed by atoms with Crippen LogP contribution in [0.1, 0.15) is 12.0 Å². The molecular formula is C12H17N3O2S. The number of sulfonamides is 1. The van der Waals surface area contributed by atoms with E-state index in [2.05, 4.69) is 16.4 Å². The van der Waals surface area contributed by atoms with Crippen molar-refractivity contribution in [2.75, 3.05) is 12.3 Å². The van der Waals surface area contributed by atoms with E-state index in [0.29, 0.717) is 13.0 Å². The zero-order valence-electron chi connectivity index (χ0n) is 10.0. The average molecular weight is 267 g/mol. The van der Waals surface area contributed by atoms with E-state index in [-0.39, 0.29) is 5.75 Å². The summed E-state index contributed by atoms with van der Waals surface area (Å²) < 4.78 is 21.5. The first kappa shape index (κ1) is 13.1. The Morgan fingerprint density at radius 2 is 2.11 bits per heavy atom. The second-order valence-electron chi connectivity index (χ2n) is 4.30. The van der Waals surface area contributed by atoms with Gasteiger partial charge in [0.25, 0.3) is 0 Å². The Morgan fingerprint density at radius 1 is 1.28 bits per heavy atom. The van der Waals surface area contributed by atoms with Gasteiger partial charge >= 0.3 is 0 Å². The van der Waals surface area contributed by atoms with Crippen LogP contribution in [0.5, 0.6) is 0 Å². The molecule has 6 heteroatoms. The van der Waals surface area contributed by atoms with Gasteiger partial charge in [-0.3, -0.25) is 0 Å². The molecule has 1 aromatic heterocycles. The zero-order chi connectivity index (χ0) is 13.0. The van der Waals surface area contributed by atoms with E-state index in [4.69, 9.17) is 5.14 Å². The third-order valence-electron chi connectivity index (χ3n) is 2.73. The maximum absolute atomic E-state index is 10.7. The van der Waals surface area contributed by atoms with E-state index >= 15 is 0 Å². The average Bonchev–Trinajstić information content (AvgIpc) is 2.74. The molecule has 0 aliphatic heterocycles. The summed E-state index contributed by atoms with van der Waals surface area (Å²) >= 11 is 0. The predicted molar refractivity (Wildman–Crippen MR) is 72.6 cm³/mol. The molecule has 0 saturated heterocycles. The minimum absolute atomic E-state index is 0.0246. The van der Waals surface area contributed by atoms with Crippen LogP contribution in [-0.2, 0) is 16.6 Å². The lowest BCUT2D eigenvalue weighted by Crippen LogP contribution is -2.22. The number of nitrogens with one attached hydrogen (secondary N) is 2. The monoisotopic (exact) mass is 267 g/mol. The number of aromatic amines is 1. The van der Waals surface area contributed by atoms with Crippen molar-refractivity contribution < 1.29 is 8.42 Å². The summed E-state index contributed by atoms with van der Waals surface area (Å²) in [4.78, 5) is 3.14. The first-order chi connectivity index (χ1) is 8.54. The van der Waals surface area contributed by atoms with Gasteiger partial charge in [0, 0.05) is 18.3 Å². The summed E-state index contributed by atoms with van der Waals surface area (Å²) in [5.74, 6) is 0.0246. The van der Waals surface area contributed by atoms with Gasteiger partial charge in [0.1, 0.15) is 0 Å². The Balaban J connectivity index is 1.79. The van der Waals surface area contributed by atoms with Gasteiger partial charge in [0.15, 0.2) is 0 Å². The fourth-order valence-electron chi connectivity index (χ4n) is 1.84. The summed E-state index contributed by atoms with van der Waals surface area (Å²) in [6.07, 6.45) is 2.44. The largest absolute Gasteiger partial charge is 0.361 e. The van der Waals surface area contributed by atoms with Gasteiger partial charge in [-0.1, -0.05) is 6.07 Å². The zero-order valence-corrected chi connectivity index (χ0v) is 10.8. The number of primary sulfonamides is 1. The molecule has 18 heavy (non-hydrogen) atoms. The van der Waals surface area contributed by atoms with Crippen LogP contribution in [0.15, 0.2) is 30.5 Å². The van der Waals surface area contributed by atoms with Crippen LogP contribution in [0.25, 0.3) is 10.9 Å². The maximum Gasteiger partial charge on any atom is 0.209 e. The molecule has 0 saturated carbocycles. The van der Waals surface area contributed by atoms with E-state index in [1.54, 1.807) is 0 Å². The van der Waals surface area contributed by atoms with Gasteiger partial charge in [0.05, 0.1) is 5.75 Å². The van der Waals surface area contributed by atoms with Crippen molar-refractivity contribution in [3.05, 3.63) is 36.0 Å². The number of H-pyrrole nitrogens is 1. The topological polar surface area (TPSA) is 88.0 Å². The van der Waals surface area contributed by atoms with Crippen LogP contribution < -0.4 is 10.5 Å².